The highest BCUT2D eigenvalue weighted by atomic mass is 19.4. The maximum absolute atomic E-state index is 12.5. The number of aliphatic hydroxyl groups is 1. The topological polar surface area (TPSA) is 38.7 Å². The molecule has 1 rings (SSSR count). The van der Waals surface area contributed by atoms with E-state index < -0.39 is 24.7 Å². The lowest BCUT2D eigenvalue weighted by atomic mass is 10.0. The predicted molar refractivity (Wildman–Crippen MR) is 60.1 cm³/mol. The third-order valence-electron chi connectivity index (χ3n) is 2.97. The Hall–Kier alpha value is -0.330. The van der Waals surface area contributed by atoms with E-state index >= 15 is 0 Å². The van der Waals surface area contributed by atoms with Crippen LogP contribution in [0.3, 0.4) is 0 Å². The molecule has 1 unspecified atom stereocenters. The number of aliphatic hydroxyl groups excluding tert-OH is 1. The average Bonchev–Trinajstić information content (AvgIpc) is 2.29. The van der Waals surface area contributed by atoms with Crippen molar-refractivity contribution in [2.75, 3.05) is 6.61 Å². The molecule has 1 N–H and O–H groups in total. The molecule has 0 amide bonds. The first kappa shape index (κ1) is 15.7. The van der Waals surface area contributed by atoms with Crippen molar-refractivity contribution >= 4 is 0 Å². The fourth-order valence-electron chi connectivity index (χ4n) is 1.94. The molecule has 0 aromatic carbocycles. The Labute approximate surface area is 105 Å². The van der Waals surface area contributed by atoms with Gasteiger partial charge in [0.25, 0.3) is 0 Å². The minimum atomic E-state index is -4.54. The molecule has 0 radical (unpaired) electrons. The van der Waals surface area contributed by atoms with E-state index in [4.69, 9.17) is 9.47 Å². The first-order valence-electron chi connectivity index (χ1n) is 6.47. The van der Waals surface area contributed by atoms with Crippen LogP contribution < -0.4 is 0 Å². The highest BCUT2D eigenvalue weighted by Crippen LogP contribution is 2.32. The first-order chi connectivity index (χ1) is 8.45. The summed E-state index contributed by atoms with van der Waals surface area (Å²) in [4.78, 5) is 0. The van der Waals surface area contributed by atoms with Crippen LogP contribution in [0.15, 0.2) is 0 Å². The number of unbranched alkanes of at least 4 members (excludes halogenated alkanes) is 3. The summed E-state index contributed by atoms with van der Waals surface area (Å²) in [5, 5.41) is 9.26. The Bertz CT molecular complexity index is 233. The maximum atomic E-state index is 12.5. The molecule has 1 saturated heterocycles. The number of alkyl halides is 3. The van der Waals surface area contributed by atoms with Gasteiger partial charge in [-0.15, -0.1) is 0 Å². The van der Waals surface area contributed by atoms with Gasteiger partial charge in [-0.1, -0.05) is 26.2 Å². The lowest BCUT2D eigenvalue weighted by molar-refractivity contribution is -0.311. The molecule has 0 aromatic heterocycles. The second-order valence-corrected chi connectivity index (χ2v) is 4.60. The fraction of sp³-hybridized carbons (Fsp3) is 1.00. The summed E-state index contributed by atoms with van der Waals surface area (Å²) in [5.41, 5.74) is 0. The van der Waals surface area contributed by atoms with Crippen molar-refractivity contribution in [3.8, 4) is 0 Å². The van der Waals surface area contributed by atoms with E-state index in [0.717, 1.165) is 25.7 Å². The number of hydrogen-bond acceptors (Lipinski definition) is 3. The van der Waals surface area contributed by atoms with Crippen molar-refractivity contribution in [1.82, 2.24) is 0 Å². The van der Waals surface area contributed by atoms with Crippen molar-refractivity contribution in [2.45, 2.75) is 70.1 Å². The highest BCUT2D eigenvalue weighted by Gasteiger charge is 2.48. The van der Waals surface area contributed by atoms with Gasteiger partial charge in [-0.25, -0.2) is 0 Å². The Kier molecular flexibility index (Phi) is 6.38. The van der Waals surface area contributed by atoms with E-state index in [2.05, 4.69) is 6.92 Å². The third-order valence-corrected chi connectivity index (χ3v) is 2.97. The Morgan fingerprint density at radius 2 is 1.94 bits per heavy atom. The quantitative estimate of drug-likeness (QED) is 0.754. The third kappa shape index (κ3) is 5.12. The molecule has 18 heavy (non-hydrogen) atoms. The summed E-state index contributed by atoms with van der Waals surface area (Å²) >= 11 is 0. The van der Waals surface area contributed by atoms with Gasteiger partial charge in [0.05, 0.1) is 6.10 Å². The summed E-state index contributed by atoms with van der Waals surface area (Å²) in [5.74, 6) is 0. The lowest BCUT2D eigenvalue weighted by Gasteiger charge is -2.34. The minimum absolute atomic E-state index is 0.0593. The molecule has 0 aromatic rings. The molecule has 0 aliphatic carbocycles. The Morgan fingerprint density at radius 1 is 1.22 bits per heavy atom. The zero-order chi connectivity index (χ0) is 13.6. The van der Waals surface area contributed by atoms with Gasteiger partial charge in [0.15, 0.2) is 12.4 Å². The van der Waals surface area contributed by atoms with Crippen LogP contribution in [0, 0.1) is 0 Å². The second kappa shape index (κ2) is 7.31. The maximum Gasteiger partial charge on any atom is 0.417 e. The van der Waals surface area contributed by atoms with Gasteiger partial charge >= 0.3 is 6.18 Å². The number of hydrogen-bond donors (Lipinski definition) is 1. The smallest absolute Gasteiger partial charge is 0.390 e. The van der Waals surface area contributed by atoms with Gasteiger partial charge in [0, 0.05) is 13.0 Å². The van der Waals surface area contributed by atoms with Crippen LogP contribution in [-0.4, -0.2) is 36.4 Å². The van der Waals surface area contributed by atoms with Gasteiger partial charge in [0.1, 0.15) is 0 Å². The monoisotopic (exact) mass is 270 g/mol. The van der Waals surface area contributed by atoms with E-state index in [1.165, 1.54) is 0 Å². The Balaban J connectivity index is 2.27. The van der Waals surface area contributed by atoms with Crippen molar-refractivity contribution in [3.63, 3.8) is 0 Å². The molecular weight excluding hydrogens is 249 g/mol. The first-order valence-corrected chi connectivity index (χ1v) is 6.47. The summed E-state index contributed by atoms with van der Waals surface area (Å²) in [6.45, 7) is 2.49. The largest absolute Gasteiger partial charge is 0.417 e. The number of halogens is 3. The van der Waals surface area contributed by atoms with Crippen LogP contribution in [0.4, 0.5) is 13.2 Å². The van der Waals surface area contributed by atoms with Gasteiger partial charge in [-0.3, -0.25) is 0 Å². The standard InChI is InChI=1S/C12H21F3O3/c1-2-3-4-5-8-17-10-7-6-9(16)11(18-10)12(13,14)15/h9-11,16H,2-8H2,1H3/t9-,10-,11?/m1/s1. The minimum Gasteiger partial charge on any atom is -0.390 e. The van der Waals surface area contributed by atoms with Crippen molar-refractivity contribution in [3.05, 3.63) is 0 Å². The van der Waals surface area contributed by atoms with Gasteiger partial charge in [-0.05, 0) is 12.8 Å². The molecule has 0 bridgehead atoms. The summed E-state index contributed by atoms with van der Waals surface area (Å²) in [6.07, 6.45) is -4.59. The van der Waals surface area contributed by atoms with E-state index in [9.17, 15) is 18.3 Å². The van der Waals surface area contributed by atoms with Gasteiger partial charge in [-0.2, -0.15) is 13.2 Å². The molecule has 1 heterocycles. The molecule has 6 heteroatoms. The molecular formula is C12H21F3O3. The van der Waals surface area contributed by atoms with Crippen LogP contribution in [0.5, 0.6) is 0 Å². The van der Waals surface area contributed by atoms with Gasteiger partial charge < -0.3 is 14.6 Å². The van der Waals surface area contributed by atoms with Gasteiger partial charge in [0.2, 0.25) is 0 Å². The summed E-state index contributed by atoms with van der Waals surface area (Å²) in [7, 11) is 0. The Morgan fingerprint density at radius 3 is 2.56 bits per heavy atom. The summed E-state index contributed by atoms with van der Waals surface area (Å²) in [6, 6.07) is 0. The highest BCUT2D eigenvalue weighted by molar-refractivity contribution is 4.81. The molecule has 0 saturated carbocycles. The van der Waals surface area contributed by atoms with Crippen LogP contribution in [-0.2, 0) is 9.47 Å². The average molecular weight is 270 g/mol. The van der Waals surface area contributed by atoms with E-state index in [-0.39, 0.29) is 6.42 Å². The van der Waals surface area contributed by atoms with Crippen molar-refractivity contribution in [2.24, 2.45) is 0 Å². The number of rotatable bonds is 6. The van der Waals surface area contributed by atoms with Crippen molar-refractivity contribution in [1.29, 1.82) is 0 Å². The molecule has 108 valence electrons. The summed E-state index contributed by atoms with van der Waals surface area (Å²) < 4.78 is 47.6. The second-order valence-electron chi connectivity index (χ2n) is 4.60. The molecule has 1 fully saturated rings. The van der Waals surface area contributed by atoms with E-state index in [1.54, 1.807) is 0 Å². The van der Waals surface area contributed by atoms with Crippen LogP contribution in [0.25, 0.3) is 0 Å². The zero-order valence-electron chi connectivity index (χ0n) is 10.6. The number of ether oxygens (including phenoxy) is 2. The molecule has 1 aliphatic rings. The van der Waals surface area contributed by atoms with Crippen LogP contribution in [0.1, 0.15) is 45.4 Å². The lowest BCUT2D eigenvalue weighted by Crippen LogP contribution is -2.48. The normalized spacial score (nSPS) is 29.5. The molecule has 0 spiro atoms. The molecule has 3 atom stereocenters. The SMILES string of the molecule is CCCCCCO[C@H]1CC[C@@H](O)C(C(F)(F)F)O1. The fourth-order valence-corrected chi connectivity index (χ4v) is 1.94. The van der Waals surface area contributed by atoms with Crippen LogP contribution in [0.2, 0.25) is 0 Å². The van der Waals surface area contributed by atoms with Crippen LogP contribution >= 0.6 is 0 Å². The van der Waals surface area contributed by atoms with E-state index in [0.29, 0.717) is 13.0 Å². The zero-order valence-corrected chi connectivity index (χ0v) is 10.6. The molecule has 3 nitrogen and oxygen atoms in total. The predicted octanol–water partition coefficient (Wildman–Crippen LogP) is 3.01. The molecule has 1 aliphatic heterocycles. The van der Waals surface area contributed by atoms with Crippen molar-refractivity contribution < 1.29 is 27.8 Å². The van der Waals surface area contributed by atoms with E-state index in [1.807, 2.05) is 0 Å².